The smallest absolute Gasteiger partial charge is 0.139 e. The highest BCUT2D eigenvalue weighted by molar-refractivity contribution is 9.13. The number of aromatic nitrogens is 3. The van der Waals surface area contributed by atoms with E-state index in [9.17, 15) is 0 Å². The summed E-state index contributed by atoms with van der Waals surface area (Å²) < 4.78 is 5.91. The average Bonchev–Trinajstić information content (AvgIpc) is 3.21. The van der Waals surface area contributed by atoms with Crippen LogP contribution in [0.4, 0.5) is 0 Å². The van der Waals surface area contributed by atoms with Crippen LogP contribution in [0.25, 0.3) is 5.69 Å². The summed E-state index contributed by atoms with van der Waals surface area (Å²) in [6, 6.07) is 14.2. The molecule has 3 rings (SSSR count). The number of imidazole rings is 1. The summed E-state index contributed by atoms with van der Waals surface area (Å²) in [6.45, 7) is 2.95. The Morgan fingerprint density at radius 3 is 2.60 bits per heavy atom. The van der Waals surface area contributed by atoms with Crippen molar-refractivity contribution in [2.75, 3.05) is 0 Å². The summed E-state index contributed by atoms with van der Waals surface area (Å²) in [4.78, 5) is 4.62. The predicted octanol–water partition coefficient (Wildman–Crippen LogP) is 5.46. The Kier molecular flexibility index (Phi) is 5.77. The van der Waals surface area contributed by atoms with Gasteiger partial charge in [0.05, 0.1) is 0 Å². The Morgan fingerprint density at radius 2 is 1.92 bits per heavy atom. The third kappa shape index (κ3) is 3.88. The van der Waals surface area contributed by atoms with Crippen LogP contribution >= 0.6 is 31.9 Å². The van der Waals surface area contributed by atoms with Crippen LogP contribution in [0.15, 0.2) is 51.8 Å². The van der Waals surface area contributed by atoms with Crippen molar-refractivity contribution in [3.63, 3.8) is 0 Å². The van der Waals surface area contributed by atoms with Crippen molar-refractivity contribution in [3.8, 4) is 11.8 Å². The van der Waals surface area contributed by atoms with Crippen LogP contribution in [0, 0.1) is 11.3 Å². The Hall–Kier alpha value is -1.84. The van der Waals surface area contributed by atoms with Crippen molar-refractivity contribution in [1.29, 1.82) is 5.26 Å². The third-order valence-corrected chi connectivity index (χ3v) is 6.01. The fraction of sp³-hybridized carbons (Fsp3) is 0.263. The van der Waals surface area contributed by atoms with Gasteiger partial charge in [-0.05, 0) is 68.1 Å². The molecule has 2 aromatic heterocycles. The van der Waals surface area contributed by atoms with Gasteiger partial charge in [0, 0.05) is 24.8 Å². The van der Waals surface area contributed by atoms with E-state index in [-0.39, 0.29) is 0 Å². The zero-order chi connectivity index (χ0) is 17.8. The largest absolute Gasteiger partial charge is 0.317 e. The number of rotatable bonds is 6. The molecule has 0 atom stereocenters. The van der Waals surface area contributed by atoms with E-state index in [1.807, 2.05) is 35.0 Å². The van der Waals surface area contributed by atoms with Gasteiger partial charge < -0.3 is 9.13 Å². The molecule has 0 aliphatic heterocycles. The van der Waals surface area contributed by atoms with Crippen molar-refractivity contribution < 1.29 is 0 Å². The van der Waals surface area contributed by atoms with Gasteiger partial charge in [0.25, 0.3) is 0 Å². The minimum absolute atomic E-state index is 0.635. The molecule has 4 nitrogen and oxygen atoms in total. The van der Waals surface area contributed by atoms with Gasteiger partial charge >= 0.3 is 0 Å². The van der Waals surface area contributed by atoms with Crippen LogP contribution in [-0.2, 0) is 13.0 Å². The molecule has 25 heavy (non-hydrogen) atoms. The summed E-state index contributed by atoms with van der Waals surface area (Å²) in [5, 5.41) is 9.16. The average molecular weight is 462 g/mol. The first-order chi connectivity index (χ1) is 12.1. The van der Waals surface area contributed by atoms with Crippen molar-refractivity contribution in [3.05, 3.63) is 68.9 Å². The topological polar surface area (TPSA) is 46.5 Å². The number of hydrogen-bond donors (Lipinski definition) is 0. The number of halogens is 2. The summed E-state index contributed by atoms with van der Waals surface area (Å²) in [5.74, 6) is 1.09. The van der Waals surface area contributed by atoms with E-state index in [1.54, 1.807) is 0 Å². The molecular formula is C19H18Br2N4. The minimum Gasteiger partial charge on any atom is -0.317 e. The second kappa shape index (κ2) is 8.03. The molecule has 2 heterocycles. The highest BCUT2D eigenvalue weighted by Crippen LogP contribution is 2.26. The van der Waals surface area contributed by atoms with Crippen molar-refractivity contribution in [1.82, 2.24) is 14.1 Å². The molecule has 0 bridgehead atoms. The quantitative estimate of drug-likeness (QED) is 0.489. The Balaban J connectivity index is 1.84. The van der Waals surface area contributed by atoms with Crippen molar-refractivity contribution >= 4 is 31.9 Å². The van der Waals surface area contributed by atoms with Crippen LogP contribution < -0.4 is 0 Å². The highest BCUT2D eigenvalue weighted by atomic mass is 79.9. The predicted molar refractivity (Wildman–Crippen MR) is 106 cm³/mol. The van der Waals surface area contributed by atoms with Gasteiger partial charge in [0.2, 0.25) is 0 Å². The fourth-order valence-electron chi connectivity index (χ4n) is 2.77. The fourth-order valence-corrected chi connectivity index (χ4v) is 3.61. The lowest BCUT2D eigenvalue weighted by Gasteiger charge is -2.11. The van der Waals surface area contributed by atoms with E-state index in [2.05, 4.69) is 66.5 Å². The minimum atomic E-state index is 0.635. The van der Waals surface area contributed by atoms with E-state index in [4.69, 9.17) is 5.26 Å². The molecule has 0 fully saturated rings. The standard InChI is InChI=1S/C19H18Br2N4/c1-2-3-6-17-23-18(20)19(21)25(17)13-14-7-9-15(10-8-14)24-11-4-5-16(24)12-22/h4-5,7-11H,2-3,6,13H2,1H3. The van der Waals surface area contributed by atoms with Gasteiger partial charge in [-0.1, -0.05) is 25.5 Å². The summed E-state index contributed by atoms with van der Waals surface area (Å²) in [6.07, 6.45) is 5.14. The maximum atomic E-state index is 9.16. The number of benzene rings is 1. The first-order valence-corrected chi connectivity index (χ1v) is 9.79. The molecule has 128 valence electrons. The second-order valence-electron chi connectivity index (χ2n) is 5.84. The molecule has 0 saturated heterocycles. The van der Waals surface area contributed by atoms with Gasteiger partial charge in [-0.3, -0.25) is 0 Å². The lowest BCUT2D eigenvalue weighted by Crippen LogP contribution is -2.06. The van der Waals surface area contributed by atoms with Gasteiger partial charge in [-0.2, -0.15) is 5.26 Å². The van der Waals surface area contributed by atoms with Crippen molar-refractivity contribution in [2.24, 2.45) is 0 Å². The Morgan fingerprint density at radius 1 is 1.16 bits per heavy atom. The summed E-state index contributed by atoms with van der Waals surface area (Å²) >= 11 is 7.14. The van der Waals surface area contributed by atoms with Gasteiger partial charge in [-0.15, -0.1) is 0 Å². The van der Waals surface area contributed by atoms with E-state index in [1.165, 1.54) is 5.56 Å². The number of aryl methyl sites for hydroxylation is 1. The molecule has 1 aromatic carbocycles. The molecule has 3 aromatic rings. The number of nitriles is 1. The highest BCUT2D eigenvalue weighted by Gasteiger charge is 2.13. The molecule has 0 unspecified atom stereocenters. The Bertz CT molecular complexity index is 901. The first-order valence-electron chi connectivity index (χ1n) is 8.21. The lowest BCUT2D eigenvalue weighted by atomic mass is 10.2. The van der Waals surface area contributed by atoms with Crippen LogP contribution in [0.2, 0.25) is 0 Å². The van der Waals surface area contributed by atoms with E-state index >= 15 is 0 Å². The lowest BCUT2D eigenvalue weighted by molar-refractivity contribution is 0.670. The number of unbranched alkanes of at least 4 members (excludes halogenated alkanes) is 1. The van der Waals surface area contributed by atoms with Crippen molar-refractivity contribution in [2.45, 2.75) is 32.7 Å². The molecule has 0 radical (unpaired) electrons. The van der Waals surface area contributed by atoms with E-state index in [0.717, 1.165) is 46.5 Å². The molecule has 0 spiro atoms. The number of hydrogen-bond acceptors (Lipinski definition) is 2. The maximum absolute atomic E-state index is 9.16. The molecule has 0 saturated carbocycles. The SMILES string of the molecule is CCCCc1nc(Br)c(Br)n1Cc1ccc(-n2cccc2C#N)cc1. The van der Waals surface area contributed by atoms with Crippen LogP contribution in [0.1, 0.15) is 36.8 Å². The van der Waals surface area contributed by atoms with E-state index in [0.29, 0.717) is 5.69 Å². The molecule has 0 aliphatic carbocycles. The first kappa shape index (κ1) is 18.0. The maximum Gasteiger partial charge on any atom is 0.139 e. The van der Waals surface area contributed by atoms with Gasteiger partial charge in [-0.25, -0.2) is 4.98 Å². The van der Waals surface area contributed by atoms with Crippen LogP contribution in [0.3, 0.4) is 0 Å². The summed E-state index contributed by atoms with van der Waals surface area (Å²) in [7, 11) is 0. The second-order valence-corrected chi connectivity index (χ2v) is 7.34. The molecule has 0 aliphatic rings. The number of nitrogens with zero attached hydrogens (tertiary/aromatic N) is 4. The third-order valence-electron chi connectivity index (χ3n) is 4.12. The Labute approximate surface area is 164 Å². The van der Waals surface area contributed by atoms with Crippen LogP contribution in [-0.4, -0.2) is 14.1 Å². The van der Waals surface area contributed by atoms with Gasteiger partial charge in [0.1, 0.15) is 26.8 Å². The zero-order valence-corrected chi connectivity index (χ0v) is 17.1. The van der Waals surface area contributed by atoms with Gasteiger partial charge in [0.15, 0.2) is 0 Å². The molecule has 0 N–H and O–H groups in total. The van der Waals surface area contributed by atoms with Crippen LogP contribution in [0.5, 0.6) is 0 Å². The van der Waals surface area contributed by atoms with E-state index < -0.39 is 0 Å². The zero-order valence-electron chi connectivity index (χ0n) is 13.9. The summed E-state index contributed by atoms with van der Waals surface area (Å²) in [5.41, 5.74) is 2.82. The molecular weight excluding hydrogens is 444 g/mol. The molecule has 6 heteroatoms. The molecule has 0 amide bonds. The normalized spacial score (nSPS) is 10.8. The monoisotopic (exact) mass is 460 g/mol.